The summed E-state index contributed by atoms with van der Waals surface area (Å²) in [5.74, 6) is 0.655. The molecule has 1 aromatic carbocycles. The topological polar surface area (TPSA) is 34.2 Å². The van der Waals surface area contributed by atoms with Gasteiger partial charge in [-0.15, -0.1) is 11.3 Å². The van der Waals surface area contributed by atoms with Crippen LogP contribution in [0, 0.1) is 5.92 Å². The van der Waals surface area contributed by atoms with Gasteiger partial charge in [-0.05, 0) is 30.9 Å². The van der Waals surface area contributed by atoms with Crippen molar-refractivity contribution in [2.75, 3.05) is 19.8 Å². The van der Waals surface area contributed by atoms with E-state index < -0.39 is 0 Å². The minimum atomic E-state index is 0.655. The molecule has 0 aliphatic carbocycles. The molecule has 3 rings (SSSR count). The van der Waals surface area contributed by atoms with Crippen LogP contribution in [0.25, 0.3) is 10.6 Å². The quantitative estimate of drug-likeness (QED) is 0.865. The molecule has 2 aromatic rings. The summed E-state index contributed by atoms with van der Waals surface area (Å²) in [6, 6.07) is 8.28. The van der Waals surface area contributed by atoms with E-state index in [0.717, 1.165) is 41.5 Å². The highest BCUT2D eigenvalue weighted by Gasteiger charge is 2.13. The molecule has 2 heterocycles. The smallest absolute Gasteiger partial charge is 0.123 e. The molecule has 0 radical (unpaired) electrons. The van der Waals surface area contributed by atoms with E-state index in [4.69, 9.17) is 9.72 Å². The molecule has 1 aromatic heterocycles. The minimum absolute atomic E-state index is 0.655. The van der Waals surface area contributed by atoms with Crippen LogP contribution >= 0.6 is 27.3 Å². The van der Waals surface area contributed by atoms with Gasteiger partial charge in [0.1, 0.15) is 5.01 Å². The van der Waals surface area contributed by atoms with Crippen molar-refractivity contribution in [1.29, 1.82) is 0 Å². The van der Waals surface area contributed by atoms with Gasteiger partial charge in [-0.25, -0.2) is 4.98 Å². The van der Waals surface area contributed by atoms with Crippen LogP contribution in [0.1, 0.15) is 18.5 Å². The van der Waals surface area contributed by atoms with Crippen molar-refractivity contribution in [1.82, 2.24) is 10.3 Å². The molecule has 0 amide bonds. The van der Waals surface area contributed by atoms with Crippen molar-refractivity contribution in [3.63, 3.8) is 0 Å². The van der Waals surface area contributed by atoms with Crippen molar-refractivity contribution >= 4 is 27.3 Å². The zero-order chi connectivity index (χ0) is 14.5. The molecule has 0 saturated carbocycles. The lowest BCUT2D eigenvalue weighted by molar-refractivity contribution is 0.0547. The Hall–Kier alpha value is -0.750. The van der Waals surface area contributed by atoms with E-state index in [1.807, 2.05) is 12.1 Å². The molecule has 3 nitrogen and oxygen atoms in total. The first-order valence-electron chi connectivity index (χ1n) is 7.30. The summed E-state index contributed by atoms with van der Waals surface area (Å²) in [5, 5.41) is 6.72. The van der Waals surface area contributed by atoms with Gasteiger partial charge in [0.15, 0.2) is 0 Å². The minimum Gasteiger partial charge on any atom is -0.381 e. The molecule has 1 aliphatic heterocycles. The molecule has 0 bridgehead atoms. The number of nitrogens with zero attached hydrogens (tertiary/aromatic N) is 1. The lowest BCUT2D eigenvalue weighted by atomic mass is 10.0. The molecule has 1 unspecified atom stereocenters. The van der Waals surface area contributed by atoms with Crippen LogP contribution in [-0.4, -0.2) is 24.7 Å². The molecule has 1 fully saturated rings. The molecule has 1 atom stereocenters. The number of halogens is 1. The van der Waals surface area contributed by atoms with Crippen molar-refractivity contribution in [3.8, 4) is 10.6 Å². The van der Waals surface area contributed by atoms with E-state index >= 15 is 0 Å². The van der Waals surface area contributed by atoms with Crippen LogP contribution in [0.4, 0.5) is 0 Å². The Balaban J connectivity index is 1.53. The summed E-state index contributed by atoms with van der Waals surface area (Å²) < 4.78 is 6.59. The maximum Gasteiger partial charge on any atom is 0.123 e. The predicted octanol–water partition coefficient (Wildman–Crippen LogP) is 4.09. The second kappa shape index (κ2) is 7.49. The van der Waals surface area contributed by atoms with Crippen LogP contribution in [-0.2, 0) is 11.3 Å². The van der Waals surface area contributed by atoms with Gasteiger partial charge in [-0.1, -0.05) is 28.1 Å². The van der Waals surface area contributed by atoms with Gasteiger partial charge >= 0.3 is 0 Å². The Labute approximate surface area is 137 Å². The fourth-order valence-corrected chi connectivity index (χ4v) is 3.73. The summed E-state index contributed by atoms with van der Waals surface area (Å²) in [7, 11) is 0. The van der Waals surface area contributed by atoms with Crippen LogP contribution in [0.3, 0.4) is 0 Å². The van der Waals surface area contributed by atoms with Crippen molar-refractivity contribution in [3.05, 3.63) is 39.8 Å². The van der Waals surface area contributed by atoms with Crippen molar-refractivity contribution in [2.24, 2.45) is 5.92 Å². The van der Waals surface area contributed by atoms with Gasteiger partial charge in [0.2, 0.25) is 0 Å². The van der Waals surface area contributed by atoms with E-state index in [1.165, 1.54) is 18.4 Å². The summed E-state index contributed by atoms with van der Waals surface area (Å²) >= 11 is 5.21. The van der Waals surface area contributed by atoms with E-state index in [2.05, 4.69) is 38.8 Å². The van der Waals surface area contributed by atoms with Crippen LogP contribution in [0.2, 0.25) is 0 Å². The third-order valence-electron chi connectivity index (χ3n) is 3.62. The number of aromatic nitrogens is 1. The zero-order valence-electron chi connectivity index (χ0n) is 11.8. The van der Waals surface area contributed by atoms with Gasteiger partial charge in [0.05, 0.1) is 12.3 Å². The first kappa shape index (κ1) is 15.2. The average Bonchev–Trinajstić information content (AvgIpc) is 2.97. The molecule has 5 heteroatoms. The Morgan fingerprint density at radius 1 is 1.43 bits per heavy atom. The maximum atomic E-state index is 5.50. The molecular weight excluding hydrogens is 348 g/mol. The van der Waals surface area contributed by atoms with Crippen LogP contribution < -0.4 is 5.32 Å². The SMILES string of the molecule is Brc1cccc(-c2nc(CNCC3CCCOC3)cs2)c1. The molecule has 112 valence electrons. The molecule has 1 saturated heterocycles. The number of hydrogen-bond acceptors (Lipinski definition) is 4. The second-order valence-corrected chi connectivity index (χ2v) is 7.14. The molecular formula is C16H19BrN2OS. The molecule has 1 N–H and O–H groups in total. The average molecular weight is 367 g/mol. The Kier molecular flexibility index (Phi) is 5.41. The lowest BCUT2D eigenvalue weighted by Gasteiger charge is -2.22. The van der Waals surface area contributed by atoms with E-state index in [0.29, 0.717) is 5.92 Å². The fourth-order valence-electron chi connectivity index (χ4n) is 2.52. The highest BCUT2D eigenvalue weighted by Crippen LogP contribution is 2.26. The van der Waals surface area contributed by atoms with E-state index in [1.54, 1.807) is 11.3 Å². The summed E-state index contributed by atoms with van der Waals surface area (Å²) in [5.41, 5.74) is 2.29. The lowest BCUT2D eigenvalue weighted by Crippen LogP contribution is -2.28. The Morgan fingerprint density at radius 2 is 2.38 bits per heavy atom. The largest absolute Gasteiger partial charge is 0.381 e. The third kappa shape index (κ3) is 4.36. The normalized spacial score (nSPS) is 18.8. The number of nitrogens with one attached hydrogen (secondary N) is 1. The highest BCUT2D eigenvalue weighted by atomic mass is 79.9. The second-order valence-electron chi connectivity index (χ2n) is 5.37. The van der Waals surface area contributed by atoms with Crippen LogP contribution in [0.15, 0.2) is 34.1 Å². The zero-order valence-corrected chi connectivity index (χ0v) is 14.3. The summed E-state index contributed by atoms with van der Waals surface area (Å²) in [4.78, 5) is 4.71. The monoisotopic (exact) mass is 366 g/mol. The standard InChI is InChI=1S/C16H19BrN2OS/c17-14-5-1-4-13(7-14)16-19-15(11-21-16)9-18-8-12-3-2-6-20-10-12/h1,4-5,7,11-12,18H,2-3,6,8-10H2. The van der Waals surface area contributed by atoms with Crippen molar-refractivity contribution in [2.45, 2.75) is 19.4 Å². The third-order valence-corrected chi connectivity index (χ3v) is 5.05. The van der Waals surface area contributed by atoms with Crippen molar-refractivity contribution < 1.29 is 4.74 Å². The van der Waals surface area contributed by atoms with Gasteiger partial charge in [0, 0.05) is 35.1 Å². The molecule has 1 aliphatic rings. The molecule has 21 heavy (non-hydrogen) atoms. The van der Waals surface area contributed by atoms with E-state index in [-0.39, 0.29) is 0 Å². The number of rotatable bonds is 5. The Bertz CT molecular complexity index is 581. The van der Waals surface area contributed by atoms with E-state index in [9.17, 15) is 0 Å². The van der Waals surface area contributed by atoms with Gasteiger partial charge in [-0.3, -0.25) is 0 Å². The first-order valence-corrected chi connectivity index (χ1v) is 8.97. The van der Waals surface area contributed by atoms with Gasteiger partial charge in [-0.2, -0.15) is 0 Å². The van der Waals surface area contributed by atoms with Gasteiger partial charge in [0.25, 0.3) is 0 Å². The fraction of sp³-hybridized carbons (Fsp3) is 0.438. The number of thiazole rings is 1. The summed E-state index contributed by atoms with van der Waals surface area (Å²) in [6.45, 7) is 3.68. The highest BCUT2D eigenvalue weighted by molar-refractivity contribution is 9.10. The van der Waals surface area contributed by atoms with Crippen LogP contribution in [0.5, 0.6) is 0 Å². The molecule has 0 spiro atoms. The number of ether oxygens (including phenoxy) is 1. The summed E-state index contributed by atoms with van der Waals surface area (Å²) in [6.07, 6.45) is 2.46. The Morgan fingerprint density at radius 3 is 3.19 bits per heavy atom. The maximum absolute atomic E-state index is 5.50. The number of hydrogen-bond donors (Lipinski definition) is 1. The van der Waals surface area contributed by atoms with Gasteiger partial charge < -0.3 is 10.1 Å². The predicted molar refractivity (Wildman–Crippen MR) is 90.5 cm³/mol. The number of benzene rings is 1. The first-order chi connectivity index (χ1) is 10.3.